The maximum absolute atomic E-state index is 12.7. The van der Waals surface area contributed by atoms with Gasteiger partial charge in [-0.25, -0.2) is 4.68 Å². The lowest BCUT2D eigenvalue weighted by atomic mass is 9.90. The molecule has 2 N–H and O–H groups in total. The number of amides is 1. The van der Waals surface area contributed by atoms with Crippen molar-refractivity contribution < 1.29 is 4.79 Å². The fraction of sp³-hybridized carbons (Fsp3) is 0.529. The largest absolute Gasteiger partial charge is 0.324 e. The minimum Gasteiger partial charge on any atom is -0.324 e. The van der Waals surface area contributed by atoms with Crippen LogP contribution in [0.3, 0.4) is 0 Å². The number of nitrogens with one attached hydrogen (secondary N) is 2. The summed E-state index contributed by atoms with van der Waals surface area (Å²) >= 11 is 0. The zero-order valence-electron chi connectivity index (χ0n) is 13.8. The molecule has 0 bridgehead atoms. The molecule has 1 atom stereocenters. The van der Waals surface area contributed by atoms with Crippen LogP contribution in [0.5, 0.6) is 0 Å². The van der Waals surface area contributed by atoms with Gasteiger partial charge in [-0.15, -0.1) is 5.10 Å². The van der Waals surface area contributed by atoms with E-state index in [0.29, 0.717) is 6.04 Å². The Morgan fingerprint density at radius 2 is 2.25 bits per heavy atom. The van der Waals surface area contributed by atoms with Crippen LogP contribution in [0.1, 0.15) is 45.1 Å². The van der Waals surface area contributed by atoms with Gasteiger partial charge in [0.15, 0.2) is 5.82 Å². The first kappa shape index (κ1) is 15.3. The van der Waals surface area contributed by atoms with Crippen molar-refractivity contribution >= 4 is 11.6 Å². The second kappa shape index (κ2) is 5.98. The van der Waals surface area contributed by atoms with E-state index in [1.807, 2.05) is 35.9 Å². The number of benzene rings is 1. The molecule has 1 aliphatic heterocycles. The quantitative estimate of drug-likeness (QED) is 0.899. The third-order valence-corrected chi connectivity index (χ3v) is 4.88. The first-order valence-corrected chi connectivity index (χ1v) is 8.60. The van der Waals surface area contributed by atoms with E-state index in [9.17, 15) is 4.79 Å². The first-order valence-electron chi connectivity index (χ1n) is 8.60. The predicted octanol–water partition coefficient (Wildman–Crippen LogP) is 2.15. The number of carbonyl (C=O) groups excluding carboxylic acids is 1. The first-order chi connectivity index (χ1) is 11.7. The molecule has 1 aromatic heterocycles. The van der Waals surface area contributed by atoms with Gasteiger partial charge in [0.25, 0.3) is 0 Å². The normalized spacial score (nSPS) is 23.9. The molecule has 2 fully saturated rings. The third-order valence-electron chi connectivity index (χ3n) is 4.88. The lowest BCUT2D eigenvalue weighted by molar-refractivity contribution is -0.122. The zero-order valence-corrected chi connectivity index (χ0v) is 13.8. The van der Waals surface area contributed by atoms with Crippen molar-refractivity contribution in [3.8, 4) is 11.4 Å². The van der Waals surface area contributed by atoms with Crippen LogP contribution in [0.15, 0.2) is 24.3 Å². The van der Waals surface area contributed by atoms with Gasteiger partial charge in [0.1, 0.15) is 0 Å². The number of carbonyl (C=O) groups is 1. The number of hydrogen-bond donors (Lipinski definition) is 2. The SMILES string of the molecule is CC1(C(=O)Nc2cccc(-c3nnnn3C3CC3)c2)CCCCN1. The smallest absolute Gasteiger partial charge is 0.244 e. The standard InChI is InChI=1S/C17H22N6O/c1-17(9-2-3-10-18-17)16(24)19-13-6-4-5-12(11-13)15-20-21-22-23(15)14-7-8-14/h4-6,11,14,18H,2-3,7-10H2,1H3,(H,19,24). The molecule has 24 heavy (non-hydrogen) atoms. The van der Waals surface area contributed by atoms with E-state index in [1.165, 1.54) is 0 Å². The molecule has 1 aromatic carbocycles. The number of rotatable bonds is 4. The summed E-state index contributed by atoms with van der Waals surface area (Å²) in [5.74, 6) is 0.775. The Morgan fingerprint density at radius 1 is 1.38 bits per heavy atom. The maximum Gasteiger partial charge on any atom is 0.244 e. The van der Waals surface area contributed by atoms with Crippen molar-refractivity contribution in [2.75, 3.05) is 11.9 Å². The minimum atomic E-state index is -0.496. The topological polar surface area (TPSA) is 84.7 Å². The highest BCUT2D eigenvalue weighted by Gasteiger charge is 2.34. The third kappa shape index (κ3) is 2.91. The van der Waals surface area contributed by atoms with Crippen LogP contribution in [-0.2, 0) is 4.79 Å². The Bertz CT molecular complexity index is 745. The second-order valence-corrected chi connectivity index (χ2v) is 6.93. The Morgan fingerprint density at radius 3 is 3.00 bits per heavy atom. The maximum atomic E-state index is 12.7. The number of hydrogen-bond acceptors (Lipinski definition) is 5. The molecule has 1 unspecified atom stereocenters. The summed E-state index contributed by atoms with van der Waals surface area (Å²) in [5.41, 5.74) is 1.20. The fourth-order valence-electron chi connectivity index (χ4n) is 3.20. The summed E-state index contributed by atoms with van der Waals surface area (Å²) in [4.78, 5) is 12.7. The summed E-state index contributed by atoms with van der Waals surface area (Å²) < 4.78 is 1.88. The molecule has 0 radical (unpaired) electrons. The highest BCUT2D eigenvalue weighted by atomic mass is 16.2. The van der Waals surface area contributed by atoms with Crippen molar-refractivity contribution in [3.05, 3.63) is 24.3 Å². The molecule has 7 heteroatoms. The molecule has 1 saturated carbocycles. The van der Waals surface area contributed by atoms with E-state index in [1.54, 1.807) is 0 Å². The van der Waals surface area contributed by atoms with Crippen LogP contribution >= 0.6 is 0 Å². The lowest BCUT2D eigenvalue weighted by Crippen LogP contribution is -2.54. The predicted molar refractivity (Wildman–Crippen MR) is 90.4 cm³/mol. The Labute approximate surface area is 140 Å². The Kier molecular flexibility index (Phi) is 3.80. The highest BCUT2D eigenvalue weighted by Crippen LogP contribution is 2.36. The van der Waals surface area contributed by atoms with Gasteiger partial charge in [0, 0.05) is 11.3 Å². The molecule has 2 heterocycles. The number of nitrogens with zero attached hydrogens (tertiary/aromatic N) is 4. The molecular weight excluding hydrogens is 304 g/mol. The van der Waals surface area contributed by atoms with E-state index in [2.05, 4.69) is 26.2 Å². The lowest BCUT2D eigenvalue weighted by Gasteiger charge is -2.33. The fourth-order valence-corrected chi connectivity index (χ4v) is 3.20. The van der Waals surface area contributed by atoms with E-state index < -0.39 is 5.54 Å². The zero-order chi connectivity index (χ0) is 16.6. The van der Waals surface area contributed by atoms with Crippen LogP contribution in [0.4, 0.5) is 5.69 Å². The molecule has 0 spiro atoms. The molecule has 126 valence electrons. The van der Waals surface area contributed by atoms with Crippen molar-refractivity contribution in [2.45, 2.75) is 50.6 Å². The average Bonchev–Trinajstić information content (AvgIpc) is 3.32. The Balaban J connectivity index is 1.54. The molecule has 4 rings (SSSR count). The van der Waals surface area contributed by atoms with Gasteiger partial charge in [-0.05, 0) is 68.1 Å². The molecule has 1 amide bonds. The van der Waals surface area contributed by atoms with Crippen LogP contribution in [0.25, 0.3) is 11.4 Å². The minimum absolute atomic E-state index is 0.0149. The molecular formula is C17H22N6O. The summed E-state index contributed by atoms with van der Waals surface area (Å²) in [6.45, 7) is 2.86. The summed E-state index contributed by atoms with van der Waals surface area (Å²) in [5, 5.41) is 18.4. The van der Waals surface area contributed by atoms with Gasteiger partial charge in [-0.2, -0.15) is 0 Å². The van der Waals surface area contributed by atoms with Crippen LogP contribution in [0.2, 0.25) is 0 Å². The number of piperidine rings is 1. The molecule has 1 aliphatic carbocycles. The van der Waals surface area contributed by atoms with Gasteiger partial charge in [0.05, 0.1) is 11.6 Å². The van der Waals surface area contributed by atoms with Gasteiger partial charge >= 0.3 is 0 Å². The summed E-state index contributed by atoms with van der Waals surface area (Å²) in [7, 11) is 0. The number of anilines is 1. The van der Waals surface area contributed by atoms with E-state index in [0.717, 1.165) is 55.7 Å². The number of tetrazole rings is 1. The second-order valence-electron chi connectivity index (χ2n) is 6.93. The Hall–Kier alpha value is -2.28. The molecule has 7 nitrogen and oxygen atoms in total. The summed E-state index contributed by atoms with van der Waals surface area (Å²) in [6.07, 6.45) is 5.31. The van der Waals surface area contributed by atoms with Crippen molar-refractivity contribution in [1.29, 1.82) is 0 Å². The van der Waals surface area contributed by atoms with Crippen molar-refractivity contribution in [3.63, 3.8) is 0 Å². The van der Waals surface area contributed by atoms with Gasteiger partial charge < -0.3 is 10.6 Å². The van der Waals surface area contributed by atoms with Crippen molar-refractivity contribution in [2.24, 2.45) is 0 Å². The van der Waals surface area contributed by atoms with Gasteiger partial charge in [-0.1, -0.05) is 12.1 Å². The van der Waals surface area contributed by atoms with Gasteiger partial charge in [0.2, 0.25) is 5.91 Å². The molecule has 1 saturated heterocycles. The number of aromatic nitrogens is 4. The summed E-state index contributed by atoms with van der Waals surface area (Å²) in [6, 6.07) is 8.15. The molecule has 2 aromatic rings. The van der Waals surface area contributed by atoms with Gasteiger partial charge in [-0.3, -0.25) is 4.79 Å². The van der Waals surface area contributed by atoms with Crippen LogP contribution in [-0.4, -0.2) is 38.2 Å². The van der Waals surface area contributed by atoms with E-state index >= 15 is 0 Å². The monoisotopic (exact) mass is 326 g/mol. The molecule has 2 aliphatic rings. The van der Waals surface area contributed by atoms with E-state index in [-0.39, 0.29) is 5.91 Å². The average molecular weight is 326 g/mol. The van der Waals surface area contributed by atoms with Crippen LogP contribution < -0.4 is 10.6 Å². The van der Waals surface area contributed by atoms with E-state index in [4.69, 9.17) is 0 Å². The van der Waals surface area contributed by atoms with Crippen molar-refractivity contribution in [1.82, 2.24) is 25.5 Å². The van der Waals surface area contributed by atoms with Crippen LogP contribution in [0, 0.1) is 0 Å². The highest BCUT2D eigenvalue weighted by molar-refractivity contribution is 5.98.